The molecule has 2 aromatic rings. The van der Waals surface area contributed by atoms with Gasteiger partial charge in [-0.05, 0) is 77.6 Å². The van der Waals surface area contributed by atoms with Gasteiger partial charge in [-0.1, -0.05) is 28.9 Å². The van der Waals surface area contributed by atoms with Crippen molar-refractivity contribution in [1.29, 1.82) is 0 Å². The number of hydrogen-bond acceptors (Lipinski definition) is 2. The van der Waals surface area contributed by atoms with Crippen LogP contribution in [0.4, 0.5) is 0 Å². The van der Waals surface area contributed by atoms with Gasteiger partial charge in [0.15, 0.2) is 0 Å². The Hall–Kier alpha value is -0.160. The molecule has 1 N–H and O–H groups in total. The fourth-order valence-electron chi connectivity index (χ4n) is 2.25. The molecule has 1 aromatic heterocycles. The molecule has 1 nitrogen and oxygen atoms in total. The van der Waals surface area contributed by atoms with Crippen molar-refractivity contribution in [1.82, 2.24) is 5.32 Å². The Kier molecular flexibility index (Phi) is 5.84. The zero-order chi connectivity index (χ0) is 14.7. The number of hydrogen-bond donors (Lipinski definition) is 1. The van der Waals surface area contributed by atoms with Crippen LogP contribution in [0.5, 0.6) is 0 Å². The van der Waals surface area contributed by atoms with Crippen molar-refractivity contribution >= 4 is 43.2 Å². The Morgan fingerprint density at radius 3 is 2.50 bits per heavy atom. The van der Waals surface area contributed by atoms with Gasteiger partial charge < -0.3 is 5.32 Å². The van der Waals surface area contributed by atoms with Crippen molar-refractivity contribution in [3.05, 3.63) is 54.1 Å². The highest BCUT2D eigenvalue weighted by Crippen LogP contribution is 2.34. The second-order valence-corrected chi connectivity index (χ2v) is 8.34. The van der Waals surface area contributed by atoms with Crippen molar-refractivity contribution < 1.29 is 0 Å². The summed E-state index contributed by atoms with van der Waals surface area (Å²) in [5.41, 5.74) is 3.97. The Labute approximate surface area is 142 Å². The van der Waals surface area contributed by atoms with Crippen LogP contribution in [0.25, 0.3) is 0 Å². The molecule has 2 rings (SSSR count). The minimum absolute atomic E-state index is 0.276. The minimum atomic E-state index is 0.276. The van der Waals surface area contributed by atoms with E-state index in [1.165, 1.54) is 29.8 Å². The molecule has 0 amide bonds. The monoisotopic (exact) mass is 415 g/mol. The lowest BCUT2D eigenvalue weighted by Crippen LogP contribution is -2.23. The number of thiophene rings is 1. The topological polar surface area (TPSA) is 12.0 Å². The molecule has 0 saturated carbocycles. The highest BCUT2D eigenvalue weighted by atomic mass is 79.9. The van der Waals surface area contributed by atoms with Crippen molar-refractivity contribution in [3.8, 4) is 0 Å². The van der Waals surface area contributed by atoms with E-state index in [4.69, 9.17) is 0 Å². The second-order valence-electron chi connectivity index (χ2n) is 4.99. The van der Waals surface area contributed by atoms with Crippen LogP contribution in [0.3, 0.4) is 0 Å². The first-order valence-corrected chi connectivity index (χ1v) is 9.18. The maximum absolute atomic E-state index is 3.68. The smallest absolute Gasteiger partial charge is 0.0702 e. The van der Waals surface area contributed by atoms with Crippen LogP contribution in [0.15, 0.2) is 32.5 Å². The minimum Gasteiger partial charge on any atom is -0.306 e. The Morgan fingerprint density at radius 2 is 1.90 bits per heavy atom. The van der Waals surface area contributed by atoms with Crippen molar-refractivity contribution in [2.75, 3.05) is 6.54 Å². The van der Waals surface area contributed by atoms with Crippen LogP contribution in [-0.2, 0) is 0 Å². The first kappa shape index (κ1) is 16.2. The van der Waals surface area contributed by atoms with E-state index < -0.39 is 0 Å². The van der Waals surface area contributed by atoms with Gasteiger partial charge in [-0.15, -0.1) is 11.3 Å². The predicted octanol–water partition coefficient (Wildman–Crippen LogP) is 5.98. The SMILES string of the molecule is CCCNC(c1ccc(Br)s1)c1cc(C)c(Br)cc1C. The first-order chi connectivity index (χ1) is 9.52. The molecule has 0 radical (unpaired) electrons. The third kappa shape index (κ3) is 3.73. The van der Waals surface area contributed by atoms with Crippen LogP contribution in [0.1, 0.15) is 41.0 Å². The molecule has 20 heavy (non-hydrogen) atoms. The van der Waals surface area contributed by atoms with E-state index >= 15 is 0 Å². The van der Waals surface area contributed by atoms with Crippen molar-refractivity contribution in [2.24, 2.45) is 0 Å². The van der Waals surface area contributed by atoms with Gasteiger partial charge in [0.1, 0.15) is 0 Å². The molecule has 0 spiro atoms. The van der Waals surface area contributed by atoms with E-state index in [2.05, 4.69) is 82.2 Å². The summed E-state index contributed by atoms with van der Waals surface area (Å²) in [6.07, 6.45) is 1.14. The van der Waals surface area contributed by atoms with E-state index in [0.717, 1.165) is 13.0 Å². The van der Waals surface area contributed by atoms with Gasteiger partial charge in [-0.25, -0.2) is 0 Å². The summed E-state index contributed by atoms with van der Waals surface area (Å²) in [7, 11) is 0. The highest BCUT2D eigenvalue weighted by molar-refractivity contribution is 9.11. The lowest BCUT2D eigenvalue weighted by Gasteiger charge is -2.21. The average molecular weight is 417 g/mol. The fourth-order valence-corrected chi connectivity index (χ4v) is 4.23. The number of halogens is 2. The largest absolute Gasteiger partial charge is 0.306 e. The van der Waals surface area contributed by atoms with Crippen LogP contribution >= 0.6 is 43.2 Å². The van der Waals surface area contributed by atoms with Gasteiger partial charge in [-0.3, -0.25) is 0 Å². The molecule has 0 aliphatic carbocycles. The van der Waals surface area contributed by atoms with Gasteiger partial charge in [0, 0.05) is 9.35 Å². The zero-order valence-corrected chi connectivity index (χ0v) is 16.0. The van der Waals surface area contributed by atoms with Gasteiger partial charge in [0.25, 0.3) is 0 Å². The van der Waals surface area contributed by atoms with Gasteiger partial charge in [0.05, 0.1) is 9.83 Å². The van der Waals surface area contributed by atoms with Crippen LogP contribution in [0.2, 0.25) is 0 Å². The standard InChI is InChI=1S/C16H19Br2NS/c1-4-7-19-16(14-5-6-15(18)20-14)12-8-11(3)13(17)9-10(12)2/h5-6,8-9,16,19H,4,7H2,1-3H3. The van der Waals surface area contributed by atoms with E-state index in [-0.39, 0.29) is 6.04 Å². The van der Waals surface area contributed by atoms with E-state index in [0.29, 0.717) is 0 Å². The lowest BCUT2D eigenvalue weighted by atomic mass is 9.97. The maximum atomic E-state index is 3.68. The molecular weight excluding hydrogens is 398 g/mol. The molecule has 4 heteroatoms. The molecule has 0 bridgehead atoms. The van der Waals surface area contributed by atoms with E-state index in [1.54, 1.807) is 11.3 Å². The molecule has 0 aliphatic rings. The molecule has 108 valence electrons. The molecule has 0 saturated heterocycles. The molecule has 0 aliphatic heterocycles. The number of benzene rings is 1. The maximum Gasteiger partial charge on any atom is 0.0702 e. The van der Waals surface area contributed by atoms with Crippen LogP contribution in [0, 0.1) is 13.8 Å². The summed E-state index contributed by atoms with van der Waals surface area (Å²) >= 11 is 8.99. The van der Waals surface area contributed by atoms with Crippen LogP contribution in [-0.4, -0.2) is 6.54 Å². The average Bonchev–Trinajstić information content (AvgIpc) is 2.82. The van der Waals surface area contributed by atoms with Crippen LogP contribution < -0.4 is 5.32 Å². The Balaban J connectivity index is 2.43. The summed E-state index contributed by atoms with van der Waals surface area (Å²) in [4.78, 5) is 1.36. The first-order valence-electron chi connectivity index (χ1n) is 6.78. The molecule has 0 fully saturated rings. The third-order valence-electron chi connectivity index (χ3n) is 3.34. The van der Waals surface area contributed by atoms with Gasteiger partial charge in [0.2, 0.25) is 0 Å². The zero-order valence-electron chi connectivity index (χ0n) is 12.0. The van der Waals surface area contributed by atoms with E-state index in [1.807, 2.05) is 0 Å². The molecule has 1 aromatic carbocycles. The van der Waals surface area contributed by atoms with E-state index in [9.17, 15) is 0 Å². The molecule has 1 atom stereocenters. The number of rotatable bonds is 5. The summed E-state index contributed by atoms with van der Waals surface area (Å²) in [6.45, 7) is 7.56. The summed E-state index contributed by atoms with van der Waals surface area (Å²) < 4.78 is 2.36. The highest BCUT2D eigenvalue weighted by Gasteiger charge is 2.18. The molecule has 1 unspecified atom stereocenters. The fraction of sp³-hybridized carbons (Fsp3) is 0.375. The molecule has 1 heterocycles. The quantitative estimate of drug-likeness (QED) is 0.632. The summed E-state index contributed by atoms with van der Waals surface area (Å²) in [5.74, 6) is 0. The van der Waals surface area contributed by atoms with Crippen molar-refractivity contribution in [3.63, 3.8) is 0 Å². The van der Waals surface area contributed by atoms with Crippen molar-refractivity contribution in [2.45, 2.75) is 33.2 Å². The summed E-state index contributed by atoms with van der Waals surface area (Å²) in [6, 6.07) is 9.12. The normalized spacial score (nSPS) is 12.7. The Morgan fingerprint density at radius 1 is 1.15 bits per heavy atom. The number of nitrogens with one attached hydrogen (secondary N) is 1. The lowest BCUT2D eigenvalue weighted by molar-refractivity contribution is 0.603. The Bertz CT molecular complexity index is 592. The van der Waals surface area contributed by atoms with Gasteiger partial charge in [-0.2, -0.15) is 0 Å². The number of aryl methyl sites for hydroxylation is 2. The predicted molar refractivity (Wildman–Crippen MR) is 95.8 cm³/mol. The molecular formula is C16H19Br2NS. The second kappa shape index (κ2) is 7.21. The van der Waals surface area contributed by atoms with Gasteiger partial charge >= 0.3 is 0 Å². The summed E-state index contributed by atoms with van der Waals surface area (Å²) in [5, 5.41) is 3.68. The third-order valence-corrected chi connectivity index (χ3v) is 5.88.